The van der Waals surface area contributed by atoms with Gasteiger partial charge >= 0.3 is 5.97 Å². The third-order valence-corrected chi connectivity index (χ3v) is 6.27. The molecular weight excluding hydrogens is 474 g/mol. The van der Waals surface area contributed by atoms with E-state index in [0.717, 1.165) is 16.7 Å². The normalized spacial score (nSPS) is 10.9. The number of rotatable bonds is 8. The van der Waals surface area contributed by atoms with Crippen molar-refractivity contribution in [2.45, 2.75) is 26.2 Å². The maximum atomic E-state index is 13.4. The van der Waals surface area contributed by atoms with E-state index in [1.165, 1.54) is 11.3 Å². The lowest BCUT2D eigenvalue weighted by atomic mass is 10.1. The van der Waals surface area contributed by atoms with Gasteiger partial charge in [-0.15, -0.1) is 11.3 Å². The van der Waals surface area contributed by atoms with Crippen molar-refractivity contribution in [2.24, 2.45) is 0 Å². The largest absolute Gasteiger partial charge is 0.461 e. The van der Waals surface area contributed by atoms with E-state index in [-0.39, 0.29) is 23.6 Å². The number of benzene rings is 2. The van der Waals surface area contributed by atoms with Gasteiger partial charge in [-0.3, -0.25) is 9.59 Å². The van der Waals surface area contributed by atoms with Gasteiger partial charge in [0.05, 0.1) is 17.7 Å². The van der Waals surface area contributed by atoms with Gasteiger partial charge in [0.2, 0.25) is 5.91 Å². The van der Waals surface area contributed by atoms with Gasteiger partial charge in [0, 0.05) is 22.2 Å². The number of thiophene rings is 1. The lowest BCUT2D eigenvalue weighted by molar-refractivity contribution is -0.116. The minimum Gasteiger partial charge on any atom is -0.461 e. The number of aryl methyl sites for hydroxylation is 1. The Balaban J connectivity index is 1.67. The molecule has 34 heavy (non-hydrogen) atoms. The van der Waals surface area contributed by atoms with Crippen molar-refractivity contribution in [3.8, 4) is 5.69 Å². The van der Waals surface area contributed by atoms with Gasteiger partial charge in [-0.2, -0.15) is 9.78 Å². The lowest BCUT2D eigenvalue weighted by Gasteiger charge is -2.10. The molecule has 0 bridgehead atoms. The molecule has 4 rings (SSSR count). The highest BCUT2D eigenvalue weighted by Gasteiger charge is 2.23. The number of hydrogen-bond donors (Lipinski definition) is 1. The molecular formula is C25H22ClN3O4S. The predicted molar refractivity (Wildman–Crippen MR) is 134 cm³/mol. The molecule has 0 aliphatic carbocycles. The number of carbonyl (C=O) groups excluding carboxylic acids is 2. The summed E-state index contributed by atoms with van der Waals surface area (Å²) in [6.07, 6.45) is 1.74. The van der Waals surface area contributed by atoms with Crippen LogP contribution in [-0.2, 0) is 16.0 Å². The Morgan fingerprint density at radius 3 is 2.68 bits per heavy atom. The predicted octanol–water partition coefficient (Wildman–Crippen LogP) is 5.24. The summed E-state index contributed by atoms with van der Waals surface area (Å²) in [6.45, 7) is 1.85. The number of ether oxygens (including phenoxy) is 1. The molecule has 0 aliphatic rings. The van der Waals surface area contributed by atoms with Gasteiger partial charge in [-0.1, -0.05) is 48.0 Å². The number of carbonyl (C=O) groups is 2. The van der Waals surface area contributed by atoms with Crippen molar-refractivity contribution in [1.29, 1.82) is 0 Å². The van der Waals surface area contributed by atoms with Gasteiger partial charge in [0.1, 0.15) is 5.00 Å². The summed E-state index contributed by atoms with van der Waals surface area (Å²) < 4.78 is 6.26. The van der Waals surface area contributed by atoms with Gasteiger partial charge in [0.25, 0.3) is 5.56 Å². The SMILES string of the molecule is CCOC(=O)c1nn(-c2cccc(Cl)c2)c(=O)c2c(NC(=O)CCCc3ccccc3)scc12. The Bertz CT molecular complexity index is 1400. The Morgan fingerprint density at radius 2 is 1.94 bits per heavy atom. The maximum Gasteiger partial charge on any atom is 0.359 e. The number of amides is 1. The molecule has 0 unspecified atom stereocenters. The van der Waals surface area contributed by atoms with Crippen LogP contribution in [0.1, 0.15) is 35.8 Å². The highest BCUT2D eigenvalue weighted by molar-refractivity contribution is 7.16. The number of nitrogens with zero attached hydrogens (tertiary/aromatic N) is 2. The molecule has 0 radical (unpaired) electrons. The fourth-order valence-electron chi connectivity index (χ4n) is 3.56. The van der Waals surface area contributed by atoms with Crippen LogP contribution in [0.25, 0.3) is 16.5 Å². The quantitative estimate of drug-likeness (QED) is 0.338. The Hall–Kier alpha value is -3.49. The number of fused-ring (bicyclic) bond motifs is 1. The van der Waals surface area contributed by atoms with E-state index in [2.05, 4.69) is 10.4 Å². The molecule has 2 aromatic carbocycles. The zero-order valence-corrected chi connectivity index (χ0v) is 20.0. The van der Waals surface area contributed by atoms with Crippen molar-refractivity contribution in [1.82, 2.24) is 9.78 Å². The minimum atomic E-state index is -0.651. The molecule has 0 saturated carbocycles. The molecule has 4 aromatic rings. The van der Waals surface area contributed by atoms with Crippen LogP contribution >= 0.6 is 22.9 Å². The average Bonchev–Trinajstić information content (AvgIpc) is 3.24. The third kappa shape index (κ3) is 5.18. The van der Waals surface area contributed by atoms with Gasteiger partial charge in [-0.25, -0.2) is 4.79 Å². The molecule has 2 aromatic heterocycles. The summed E-state index contributed by atoms with van der Waals surface area (Å²) >= 11 is 7.27. The maximum absolute atomic E-state index is 13.4. The summed E-state index contributed by atoms with van der Waals surface area (Å²) in [7, 11) is 0. The molecule has 1 amide bonds. The van der Waals surface area contributed by atoms with Crippen LogP contribution in [-0.4, -0.2) is 28.3 Å². The van der Waals surface area contributed by atoms with Gasteiger partial charge in [-0.05, 0) is 43.5 Å². The van der Waals surface area contributed by atoms with Crippen LogP contribution in [0.3, 0.4) is 0 Å². The zero-order valence-electron chi connectivity index (χ0n) is 18.4. The number of nitrogens with one attached hydrogen (secondary N) is 1. The first kappa shape index (κ1) is 23.7. The smallest absolute Gasteiger partial charge is 0.359 e. The van der Waals surface area contributed by atoms with E-state index in [1.54, 1.807) is 36.6 Å². The summed E-state index contributed by atoms with van der Waals surface area (Å²) in [4.78, 5) is 38.7. The molecule has 0 fully saturated rings. The number of aromatic nitrogens is 2. The van der Waals surface area contributed by atoms with Crippen molar-refractivity contribution >= 4 is 50.6 Å². The van der Waals surface area contributed by atoms with Crippen LogP contribution in [0.15, 0.2) is 64.8 Å². The van der Waals surface area contributed by atoms with Crippen molar-refractivity contribution < 1.29 is 14.3 Å². The van der Waals surface area contributed by atoms with E-state index in [4.69, 9.17) is 16.3 Å². The van der Waals surface area contributed by atoms with Crippen molar-refractivity contribution in [3.63, 3.8) is 0 Å². The molecule has 0 spiro atoms. The van der Waals surface area contributed by atoms with Crippen LogP contribution in [0, 0.1) is 0 Å². The van der Waals surface area contributed by atoms with Crippen LogP contribution in [0.5, 0.6) is 0 Å². The second-order valence-electron chi connectivity index (χ2n) is 7.51. The second kappa shape index (κ2) is 10.6. The van der Waals surface area contributed by atoms with E-state index in [0.29, 0.717) is 33.9 Å². The second-order valence-corrected chi connectivity index (χ2v) is 8.82. The number of anilines is 1. The number of hydrogen-bond acceptors (Lipinski definition) is 6. The van der Waals surface area contributed by atoms with Crippen LogP contribution in [0.2, 0.25) is 5.02 Å². The molecule has 0 saturated heterocycles. The molecule has 7 nitrogen and oxygen atoms in total. The standard InChI is InChI=1S/C25H22ClN3O4S/c1-2-33-25(32)22-19-15-34-23(27-20(30)13-6-10-16-8-4-3-5-9-16)21(19)24(31)29(28-22)18-12-7-11-17(26)14-18/h3-5,7-9,11-12,14-15H,2,6,10,13H2,1H3,(H,27,30). The molecule has 0 atom stereocenters. The first-order chi connectivity index (χ1) is 16.5. The summed E-state index contributed by atoms with van der Waals surface area (Å²) in [5.74, 6) is -0.857. The Morgan fingerprint density at radius 1 is 1.15 bits per heavy atom. The topological polar surface area (TPSA) is 90.3 Å². The summed E-state index contributed by atoms with van der Waals surface area (Å²) in [5, 5.41) is 10.1. The molecule has 2 heterocycles. The Labute approximate surface area is 204 Å². The first-order valence-corrected chi connectivity index (χ1v) is 12.0. The molecule has 1 N–H and O–H groups in total. The highest BCUT2D eigenvalue weighted by Crippen LogP contribution is 2.31. The minimum absolute atomic E-state index is 0.00254. The zero-order chi connectivity index (χ0) is 24.1. The molecule has 9 heteroatoms. The summed E-state index contributed by atoms with van der Waals surface area (Å²) in [6, 6.07) is 16.5. The van der Waals surface area contributed by atoms with E-state index >= 15 is 0 Å². The van der Waals surface area contributed by atoms with Crippen molar-refractivity contribution in [3.05, 3.63) is 86.6 Å². The van der Waals surface area contributed by atoms with E-state index < -0.39 is 11.5 Å². The molecule has 0 aliphatic heterocycles. The lowest BCUT2D eigenvalue weighted by Crippen LogP contribution is -2.25. The average molecular weight is 496 g/mol. The van der Waals surface area contributed by atoms with Gasteiger partial charge in [0.15, 0.2) is 5.69 Å². The monoisotopic (exact) mass is 495 g/mol. The number of halogens is 1. The van der Waals surface area contributed by atoms with Crippen molar-refractivity contribution in [2.75, 3.05) is 11.9 Å². The van der Waals surface area contributed by atoms with Crippen LogP contribution < -0.4 is 10.9 Å². The Kier molecular flexibility index (Phi) is 7.40. The fourth-order valence-corrected chi connectivity index (χ4v) is 4.70. The van der Waals surface area contributed by atoms with Gasteiger partial charge < -0.3 is 10.1 Å². The fraction of sp³-hybridized carbons (Fsp3) is 0.200. The third-order valence-electron chi connectivity index (χ3n) is 5.14. The highest BCUT2D eigenvalue weighted by atomic mass is 35.5. The van der Waals surface area contributed by atoms with E-state index in [1.807, 2.05) is 30.3 Å². The summed E-state index contributed by atoms with van der Waals surface area (Å²) in [5.41, 5.74) is 1.09. The molecule has 174 valence electrons. The number of esters is 1. The first-order valence-electron chi connectivity index (χ1n) is 10.8. The van der Waals surface area contributed by atoms with Crippen LogP contribution in [0.4, 0.5) is 5.00 Å². The van der Waals surface area contributed by atoms with E-state index in [9.17, 15) is 14.4 Å².